The second-order valence-electron chi connectivity index (χ2n) is 6.72. The van der Waals surface area contributed by atoms with Gasteiger partial charge in [0, 0.05) is 12.0 Å². The van der Waals surface area contributed by atoms with Gasteiger partial charge in [0.05, 0.1) is 25.4 Å². The lowest BCUT2D eigenvalue weighted by Gasteiger charge is -2.25. The number of β-amino-alcohol motifs (C(OH)–C–C–N with tert-alkyl or cyclic N) is 1. The molecule has 2 fully saturated rings. The summed E-state index contributed by atoms with van der Waals surface area (Å²) in [6.07, 6.45) is 0.0105. The Morgan fingerprint density at radius 1 is 1.38 bits per heavy atom. The number of carbonyl (C=O) groups is 1. The van der Waals surface area contributed by atoms with E-state index in [0.717, 1.165) is 0 Å². The molecule has 0 bridgehead atoms. The SMILES string of the molecule is Cc1cc(C(=O)N2C[C@@H](O)[C@@]3(C[C@H](c4ccccc4)CO3)C2)on1. The number of hydrogen-bond acceptors (Lipinski definition) is 5. The summed E-state index contributed by atoms with van der Waals surface area (Å²) in [5.74, 6) is 0.191. The zero-order chi connectivity index (χ0) is 16.7. The van der Waals surface area contributed by atoms with Crippen molar-refractivity contribution in [1.82, 2.24) is 10.1 Å². The Labute approximate surface area is 140 Å². The molecule has 0 aliphatic carbocycles. The van der Waals surface area contributed by atoms with Crippen molar-refractivity contribution in [2.75, 3.05) is 19.7 Å². The average Bonchev–Trinajstić information content (AvgIpc) is 3.29. The molecule has 126 valence electrons. The highest BCUT2D eigenvalue weighted by atomic mass is 16.5. The first-order chi connectivity index (χ1) is 11.6. The fourth-order valence-electron chi connectivity index (χ4n) is 3.73. The van der Waals surface area contributed by atoms with Crippen LogP contribution in [-0.4, -0.2) is 52.5 Å². The third kappa shape index (κ3) is 2.52. The predicted octanol–water partition coefficient (Wildman–Crippen LogP) is 1.74. The number of carbonyl (C=O) groups excluding carboxylic acids is 1. The van der Waals surface area contributed by atoms with Crippen LogP contribution in [0.1, 0.15) is 34.2 Å². The monoisotopic (exact) mass is 328 g/mol. The van der Waals surface area contributed by atoms with Gasteiger partial charge in [0.25, 0.3) is 5.91 Å². The molecule has 6 heteroatoms. The van der Waals surface area contributed by atoms with E-state index in [4.69, 9.17) is 9.26 Å². The van der Waals surface area contributed by atoms with Crippen molar-refractivity contribution in [2.24, 2.45) is 0 Å². The van der Waals surface area contributed by atoms with Crippen LogP contribution < -0.4 is 0 Å². The fraction of sp³-hybridized carbons (Fsp3) is 0.444. The summed E-state index contributed by atoms with van der Waals surface area (Å²) in [6, 6.07) is 11.8. The van der Waals surface area contributed by atoms with Crippen LogP contribution in [0, 0.1) is 6.92 Å². The summed E-state index contributed by atoms with van der Waals surface area (Å²) >= 11 is 0. The molecular weight excluding hydrogens is 308 g/mol. The van der Waals surface area contributed by atoms with Gasteiger partial charge in [-0.3, -0.25) is 4.79 Å². The molecule has 4 rings (SSSR count). The van der Waals surface area contributed by atoms with E-state index in [0.29, 0.717) is 25.3 Å². The highest BCUT2D eigenvalue weighted by Crippen LogP contribution is 2.42. The molecule has 3 atom stereocenters. The standard InChI is InChI=1S/C18H20N2O4/c1-12-7-15(24-19-12)17(22)20-9-16(21)18(11-20)8-14(10-23-18)13-5-3-2-4-6-13/h2-7,14,16,21H,8-11H2,1H3/t14-,16+,18+/m0/s1. The topological polar surface area (TPSA) is 75.8 Å². The maximum atomic E-state index is 12.5. The second kappa shape index (κ2) is 5.72. The van der Waals surface area contributed by atoms with Crippen LogP contribution in [0.15, 0.2) is 40.9 Å². The van der Waals surface area contributed by atoms with Crippen molar-refractivity contribution in [1.29, 1.82) is 0 Å². The molecule has 1 aromatic heterocycles. The van der Waals surface area contributed by atoms with Crippen LogP contribution in [0.5, 0.6) is 0 Å². The number of aliphatic hydroxyl groups excluding tert-OH is 1. The van der Waals surface area contributed by atoms with Crippen LogP contribution >= 0.6 is 0 Å². The molecule has 1 amide bonds. The van der Waals surface area contributed by atoms with Crippen molar-refractivity contribution in [3.05, 3.63) is 53.4 Å². The zero-order valence-corrected chi connectivity index (χ0v) is 13.5. The van der Waals surface area contributed by atoms with E-state index in [9.17, 15) is 9.90 Å². The third-order valence-electron chi connectivity index (χ3n) is 5.02. The summed E-state index contributed by atoms with van der Waals surface area (Å²) in [5.41, 5.74) is 1.18. The highest BCUT2D eigenvalue weighted by molar-refractivity contribution is 5.91. The third-order valence-corrected chi connectivity index (χ3v) is 5.02. The van der Waals surface area contributed by atoms with E-state index in [-0.39, 0.29) is 24.1 Å². The largest absolute Gasteiger partial charge is 0.388 e. The molecule has 1 spiro atoms. The van der Waals surface area contributed by atoms with Gasteiger partial charge in [-0.25, -0.2) is 0 Å². The van der Waals surface area contributed by atoms with Crippen molar-refractivity contribution < 1.29 is 19.2 Å². The van der Waals surface area contributed by atoms with Crippen LogP contribution in [0.25, 0.3) is 0 Å². The molecule has 0 radical (unpaired) electrons. The molecule has 2 saturated heterocycles. The first kappa shape index (κ1) is 15.4. The maximum Gasteiger partial charge on any atom is 0.292 e. The number of benzene rings is 1. The van der Waals surface area contributed by atoms with Crippen LogP contribution in [0.4, 0.5) is 0 Å². The van der Waals surface area contributed by atoms with Crippen molar-refractivity contribution in [3.63, 3.8) is 0 Å². The first-order valence-corrected chi connectivity index (χ1v) is 8.17. The molecule has 1 N–H and O–H groups in total. The normalized spacial score (nSPS) is 29.5. The van der Waals surface area contributed by atoms with Crippen LogP contribution in [-0.2, 0) is 4.74 Å². The Morgan fingerprint density at radius 3 is 2.88 bits per heavy atom. The molecule has 3 heterocycles. The minimum absolute atomic E-state index is 0.203. The summed E-state index contributed by atoms with van der Waals surface area (Å²) < 4.78 is 11.1. The molecule has 6 nitrogen and oxygen atoms in total. The Balaban J connectivity index is 1.50. The van der Waals surface area contributed by atoms with Crippen LogP contribution in [0.3, 0.4) is 0 Å². The molecule has 1 aromatic carbocycles. The second-order valence-corrected chi connectivity index (χ2v) is 6.72. The van der Waals surface area contributed by atoms with E-state index < -0.39 is 11.7 Å². The summed E-state index contributed by atoms with van der Waals surface area (Å²) in [5, 5.41) is 14.3. The number of likely N-dealkylation sites (tertiary alicyclic amines) is 1. The van der Waals surface area contributed by atoms with Gasteiger partial charge in [0.1, 0.15) is 11.7 Å². The van der Waals surface area contributed by atoms with Gasteiger partial charge in [-0.1, -0.05) is 35.5 Å². The molecule has 2 aliphatic heterocycles. The Hall–Kier alpha value is -2.18. The van der Waals surface area contributed by atoms with E-state index in [2.05, 4.69) is 17.3 Å². The quantitative estimate of drug-likeness (QED) is 0.909. The number of rotatable bonds is 2. The Morgan fingerprint density at radius 2 is 2.17 bits per heavy atom. The predicted molar refractivity (Wildman–Crippen MR) is 85.6 cm³/mol. The van der Waals surface area contributed by atoms with E-state index in [1.807, 2.05) is 18.2 Å². The maximum absolute atomic E-state index is 12.5. The Bertz CT molecular complexity index is 744. The molecule has 0 unspecified atom stereocenters. The molecule has 0 saturated carbocycles. The lowest BCUT2D eigenvalue weighted by molar-refractivity contribution is -0.0591. The van der Waals surface area contributed by atoms with Gasteiger partial charge in [-0.15, -0.1) is 0 Å². The zero-order valence-electron chi connectivity index (χ0n) is 13.5. The summed E-state index contributed by atoms with van der Waals surface area (Å²) in [6.45, 7) is 2.95. The number of aromatic nitrogens is 1. The fourth-order valence-corrected chi connectivity index (χ4v) is 3.73. The van der Waals surface area contributed by atoms with Gasteiger partial charge in [-0.2, -0.15) is 0 Å². The average molecular weight is 328 g/mol. The number of ether oxygens (including phenoxy) is 1. The highest BCUT2D eigenvalue weighted by Gasteiger charge is 2.53. The van der Waals surface area contributed by atoms with E-state index in [1.165, 1.54) is 5.56 Å². The lowest BCUT2D eigenvalue weighted by atomic mass is 9.87. The van der Waals surface area contributed by atoms with Gasteiger partial charge in [-0.05, 0) is 18.9 Å². The van der Waals surface area contributed by atoms with E-state index in [1.54, 1.807) is 17.9 Å². The first-order valence-electron chi connectivity index (χ1n) is 8.17. The molecular formula is C18H20N2O4. The smallest absolute Gasteiger partial charge is 0.292 e. The number of amides is 1. The van der Waals surface area contributed by atoms with Gasteiger partial charge >= 0.3 is 0 Å². The van der Waals surface area contributed by atoms with Crippen molar-refractivity contribution in [3.8, 4) is 0 Å². The number of aryl methyl sites for hydroxylation is 1. The molecule has 2 aliphatic rings. The van der Waals surface area contributed by atoms with Crippen molar-refractivity contribution in [2.45, 2.75) is 31.0 Å². The van der Waals surface area contributed by atoms with Gasteiger partial charge in [0.15, 0.2) is 0 Å². The van der Waals surface area contributed by atoms with Gasteiger partial charge in [0.2, 0.25) is 5.76 Å². The van der Waals surface area contributed by atoms with Crippen LogP contribution in [0.2, 0.25) is 0 Å². The number of nitrogens with zero attached hydrogens (tertiary/aromatic N) is 2. The number of hydrogen-bond donors (Lipinski definition) is 1. The minimum atomic E-state index is -0.695. The van der Waals surface area contributed by atoms with Crippen molar-refractivity contribution >= 4 is 5.91 Å². The lowest BCUT2D eigenvalue weighted by Crippen LogP contribution is -2.41. The summed E-state index contributed by atoms with van der Waals surface area (Å²) in [7, 11) is 0. The number of aliphatic hydroxyl groups is 1. The molecule has 2 aromatic rings. The molecule has 24 heavy (non-hydrogen) atoms. The van der Waals surface area contributed by atoms with E-state index >= 15 is 0 Å². The minimum Gasteiger partial charge on any atom is -0.388 e. The summed E-state index contributed by atoms with van der Waals surface area (Å²) in [4.78, 5) is 14.1. The Kier molecular flexibility index (Phi) is 3.66. The van der Waals surface area contributed by atoms with Gasteiger partial charge < -0.3 is 19.3 Å².